The number of furan rings is 1. The van der Waals surface area contributed by atoms with Gasteiger partial charge in [-0.05, 0) is 48.4 Å². The van der Waals surface area contributed by atoms with Crippen molar-refractivity contribution in [3.63, 3.8) is 0 Å². The van der Waals surface area contributed by atoms with Crippen LogP contribution in [-0.2, 0) is 32.5 Å². The molecule has 14 heteroatoms. The molecule has 0 aliphatic carbocycles. The van der Waals surface area contributed by atoms with Gasteiger partial charge < -0.3 is 23.5 Å². The standard InChI is InChI=1S/C26H30ClN3O9S/c1-36-14-12-29(40(34,35)21-7-8-22(27)23(16-21)30(32)33)18-26(31)28(17-20-5-4-13-39-20)11-10-19-6-9-24(37-2)25(15-19)38-3/h4-9,13,15-16H,10-12,14,17-18H2,1-3H3. The van der Waals surface area contributed by atoms with Crippen molar-refractivity contribution in [2.45, 2.75) is 17.9 Å². The van der Waals surface area contributed by atoms with Crippen molar-refractivity contribution in [1.29, 1.82) is 0 Å². The van der Waals surface area contributed by atoms with Gasteiger partial charge in [-0.2, -0.15) is 4.31 Å². The number of methoxy groups -OCH3 is 3. The summed E-state index contributed by atoms with van der Waals surface area (Å²) in [5, 5.41) is 11.1. The zero-order valence-corrected chi connectivity index (χ0v) is 23.8. The van der Waals surface area contributed by atoms with E-state index in [1.165, 1.54) is 32.5 Å². The number of hydrogen-bond acceptors (Lipinski definition) is 9. The molecule has 12 nitrogen and oxygen atoms in total. The summed E-state index contributed by atoms with van der Waals surface area (Å²) in [4.78, 5) is 25.2. The molecule has 0 spiro atoms. The first kappa shape index (κ1) is 30.9. The number of benzene rings is 2. The number of halogens is 1. The fourth-order valence-corrected chi connectivity index (χ4v) is 5.43. The average Bonchev–Trinajstić information content (AvgIpc) is 3.46. The van der Waals surface area contributed by atoms with Gasteiger partial charge in [0.15, 0.2) is 11.5 Å². The summed E-state index contributed by atoms with van der Waals surface area (Å²) in [6.07, 6.45) is 1.91. The van der Waals surface area contributed by atoms with Crippen molar-refractivity contribution in [3.05, 3.63) is 81.3 Å². The van der Waals surface area contributed by atoms with Crippen LogP contribution in [0, 0.1) is 10.1 Å². The molecule has 0 aliphatic rings. The van der Waals surface area contributed by atoms with E-state index in [-0.39, 0.29) is 36.2 Å². The van der Waals surface area contributed by atoms with E-state index in [1.807, 2.05) is 6.07 Å². The predicted molar refractivity (Wildman–Crippen MR) is 146 cm³/mol. The Morgan fingerprint density at radius 3 is 2.42 bits per heavy atom. The molecule has 3 rings (SSSR count). The lowest BCUT2D eigenvalue weighted by atomic mass is 10.1. The number of nitrogens with zero attached hydrogens (tertiary/aromatic N) is 3. The molecule has 0 aliphatic heterocycles. The molecule has 0 radical (unpaired) electrons. The second-order valence-electron chi connectivity index (χ2n) is 8.54. The molecule has 216 valence electrons. The van der Waals surface area contributed by atoms with E-state index in [4.69, 9.17) is 30.2 Å². The highest BCUT2D eigenvalue weighted by Gasteiger charge is 2.30. The van der Waals surface area contributed by atoms with Crippen LogP contribution in [0.15, 0.2) is 64.1 Å². The van der Waals surface area contributed by atoms with Crippen molar-refractivity contribution in [3.8, 4) is 11.5 Å². The van der Waals surface area contributed by atoms with Crippen LogP contribution >= 0.6 is 11.6 Å². The van der Waals surface area contributed by atoms with E-state index in [1.54, 1.807) is 24.3 Å². The quantitative estimate of drug-likeness (QED) is 0.189. The number of hydrogen-bond donors (Lipinski definition) is 0. The van der Waals surface area contributed by atoms with Crippen LogP contribution in [0.1, 0.15) is 11.3 Å². The maximum absolute atomic E-state index is 13.6. The minimum atomic E-state index is -4.33. The van der Waals surface area contributed by atoms with Crippen LogP contribution in [0.2, 0.25) is 5.02 Å². The second kappa shape index (κ2) is 14.1. The molecular formula is C26H30ClN3O9S. The van der Waals surface area contributed by atoms with Gasteiger partial charge in [0.2, 0.25) is 15.9 Å². The third kappa shape index (κ3) is 7.72. The van der Waals surface area contributed by atoms with Crippen LogP contribution in [0.25, 0.3) is 0 Å². The minimum Gasteiger partial charge on any atom is -0.493 e. The summed E-state index contributed by atoms with van der Waals surface area (Å²) in [7, 11) is 0.124. The van der Waals surface area contributed by atoms with Crippen molar-refractivity contribution in [2.24, 2.45) is 0 Å². The molecule has 3 aromatic rings. The van der Waals surface area contributed by atoms with E-state index in [0.29, 0.717) is 23.7 Å². The third-order valence-corrected chi connectivity index (χ3v) is 8.17. The van der Waals surface area contributed by atoms with E-state index >= 15 is 0 Å². The summed E-state index contributed by atoms with van der Waals surface area (Å²) in [5.41, 5.74) is 0.308. The van der Waals surface area contributed by atoms with Crippen LogP contribution in [0.4, 0.5) is 5.69 Å². The first-order valence-corrected chi connectivity index (χ1v) is 13.9. The Kier molecular flexibility index (Phi) is 10.9. The van der Waals surface area contributed by atoms with Crippen molar-refractivity contribution < 1.29 is 36.8 Å². The molecule has 1 heterocycles. The Labute approximate surface area is 237 Å². The number of amides is 1. The zero-order valence-electron chi connectivity index (χ0n) is 22.2. The maximum atomic E-state index is 13.6. The highest BCUT2D eigenvalue weighted by atomic mass is 35.5. The van der Waals surface area contributed by atoms with Gasteiger partial charge in [0.25, 0.3) is 5.69 Å². The lowest BCUT2D eigenvalue weighted by Crippen LogP contribution is -2.44. The number of nitro groups is 1. The average molecular weight is 596 g/mol. The predicted octanol–water partition coefficient (Wildman–Crippen LogP) is 3.77. The van der Waals surface area contributed by atoms with Gasteiger partial charge in [-0.15, -0.1) is 0 Å². The summed E-state index contributed by atoms with van der Waals surface area (Å²) >= 11 is 5.86. The van der Waals surface area contributed by atoms with Gasteiger partial charge in [-0.25, -0.2) is 8.42 Å². The van der Waals surface area contributed by atoms with E-state index in [2.05, 4.69) is 0 Å². The maximum Gasteiger partial charge on any atom is 0.289 e. The number of ether oxygens (including phenoxy) is 3. The van der Waals surface area contributed by atoms with Crippen LogP contribution < -0.4 is 9.47 Å². The number of sulfonamides is 1. The fourth-order valence-electron chi connectivity index (χ4n) is 3.85. The van der Waals surface area contributed by atoms with Gasteiger partial charge in [-0.3, -0.25) is 14.9 Å². The normalized spacial score (nSPS) is 11.4. The molecule has 40 heavy (non-hydrogen) atoms. The largest absolute Gasteiger partial charge is 0.493 e. The van der Waals surface area contributed by atoms with Crippen LogP contribution in [-0.4, -0.2) is 76.0 Å². The molecule has 0 saturated heterocycles. The number of rotatable bonds is 15. The molecular weight excluding hydrogens is 566 g/mol. The Hall–Kier alpha value is -3.65. The number of carbonyl (C=O) groups is 1. The third-order valence-electron chi connectivity index (χ3n) is 6.01. The monoisotopic (exact) mass is 595 g/mol. The lowest BCUT2D eigenvalue weighted by molar-refractivity contribution is -0.384. The summed E-state index contributed by atoms with van der Waals surface area (Å²) in [6.45, 7) is -0.366. The molecule has 0 bridgehead atoms. The smallest absolute Gasteiger partial charge is 0.289 e. The van der Waals surface area contributed by atoms with Gasteiger partial charge in [0, 0.05) is 26.3 Å². The fraction of sp³-hybridized carbons (Fsp3) is 0.346. The Bertz CT molecular complexity index is 1410. The van der Waals surface area contributed by atoms with Crippen molar-refractivity contribution in [1.82, 2.24) is 9.21 Å². The first-order valence-electron chi connectivity index (χ1n) is 12.0. The van der Waals surface area contributed by atoms with E-state index in [0.717, 1.165) is 28.1 Å². The molecule has 0 N–H and O–H groups in total. The van der Waals surface area contributed by atoms with Gasteiger partial charge in [0.1, 0.15) is 10.8 Å². The first-order chi connectivity index (χ1) is 19.1. The van der Waals surface area contributed by atoms with Crippen LogP contribution in [0.3, 0.4) is 0 Å². The minimum absolute atomic E-state index is 0.00792. The lowest BCUT2D eigenvalue weighted by Gasteiger charge is -2.27. The molecule has 0 saturated carbocycles. The highest BCUT2D eigenvalue weighted by molar-refractivity contribution is 7.89. The molecule has 0 unspecified atom stereocenters. The molecule has 1 aromatic heterocycles. The van der Waals surface area contributed by atoms with Crippen molar-refractivity contribution >= 4 is 33.2 Å². The zero-order chi connectivity index (χ0) is 29.3. The molecule has 1 amide bonds. The number of carbonyl (C=O) groups excluding carboxylic acids is 1. The van der Waals surface area contributed by atoms with Gasteiger partial charge in [-0.1, -0.05) is 17.7 Å². The Morgan fingerprint density at radius 2 is 1.80 bits per heavy atom. The van der Waals surface area contributed by atoms with Crippen molar-refractivity contribution in [2.75, 3.05) is 47.6 Å². The van der Waals surface area contributed by atoms with E-state index in [9.17, 15) is 23.3 Å². The summed E-state index contributed by atoms with van der Waals surface area (Å²) in [6, 6.07) is 12.0. The van der Waals surface area contributed by atoms with Crippen LogP contribution in [0.5, 0.6) is 11.5 Å². The molecule has 0 atom stereocenters. The Morgan fingerprint density at radius 1 is 1.05 bits per heavy atom. The highest BCUT2D eigenvalue weighted by Crippen LogP contribution is 2.29. The Balaban J connectivity index is 1.87. The second-order valence-corrected chi connectivity index (χ2v) is 10.9. The number of nitro benzene ring substituents is 1. The topological polar surface area (TPSA) is 142 Å². The molecule has 2 aromatic carbocycles. The summed E-state index contributed by atoms with van der Waals surface area (Å²) in [5.74, 6) is 1.12. The summed E-state index contributed by atoms with van der Waals surface area (Å²) < 4.78 is 49.1. The van der Waals surface area contributed by atoms with E-state index < -0.39 is 33.1 Å². The van der Waals surface area contributed by atoms with Gasteiger partial charge >= 0.3 is 0 Å². The molecule has 0 fully saturated rings. The van der Waals surface area contributed by atoms with Gasteiger partial charge in [0.05, 0.1) is 50.0 Å². The SMILES string of the molecule is COCCN(CC(=O)N(CCc1ccc(OC)c(OC)c1)Cc1ccco1)S(=O)(=O)c1ccc(Cl)c([N+](=O)[O-])c1.